The molecule has 3 aromatic carbocycles. The van der Waals surface area contributed by atoms with Crippen LogP contribution in [0.1, 0.15) is 17.5 Å². The monoisotopic (exact) mass is 406 g/mol. The van der Waals surface area contributed by atoms with Crippen molar-refractivity contribution in [3.05, 3.63) is 90.5 Å². The molecule has 0 bridgehead atoms. The first-order valence-electron chi connectivity index (χ1n) is 9.92. The summed E-state index contributed by atoms with van der Waals surface area (Å²) >= 11 is 0. The Labute approximate surface area is 178 Å². The Hall–Kier alpha value is -4.37. The van der Waals surface area contributed by atoms with Gasteiger partial charge < -0.3 is 14.2 Å². The zero-order valence-electron chi connectivity index (χ0n) is 16.6. The highest BCUT2D eigenvalue weighted by atomic mass is 16.4. The summed E-state index contributed by atoms with van der Waals surface area (Å²) in [5.41, 5.74) is 5.59. The number of hydrogen-bond acceptors (Lipinski definition) is 3. The maximum Gasteiger partial charge on any atom is 0.303 e. The number of hydrogen-bond donors (Lipinski definition) is 1. The predicted octanol–water partition coefficient (Wildman–Crippen LogP) is 4.86. The van der Waals surface area contributed by atoms with Gasteiger partial charge >= 0.3 is 5.97 Å². The third-order valence-electron chi connectivity index (χ3n) is 5.50. The van der Waals surface area contributed by atoms with E-state index in [4.69, 9.17) is 10.4 Å². The van der Waals surface area contributed by atoms with Crippen molar-refractivity contribution in [2.24, 2.45) is 0 Å². The fourth-order valence-corrected chi connectivity index (χ4v) is 4.00. The number of imidazole rings is 1. The molecule has 6 nitrogen and oxygen atoms in total. The fraction of sp³-hybridized carbons (Fsp3) is 0.0800. The first kappa shape index (κ1) is 18.6. The lowest BCUT2D eigenvalue weighted by Crippen LogP contribution is -1.98. The van der Waals surface area contributed by atoms with E-state index in [1.807, 2.05) is 35.0 Å². The topological polar surface area (TPSA) is 83.8 Å². The van der Waals surface area contributed by atoms with Gasteiger partial charge in [-0.05, 0) is 60.5 Å². The van der Waals surface area contributed by atoms with Crippen molar-refractivity contribution in [2.75, 3.05) is 0 Å². The second-order valence-electron chi connectivity index (χ2n) is 7.41. The Morgan fingerprint density at radius 1 is 0.968 bits per heavy atom. The Kier molecular flexibility index (Phi) is 4.49. The van der Waals surface area contributed by atoms with Gasteiger partial charge in [-0.3, -0.25) is 4.79 Å². The summed E-state index contributed by atoms with van der Waals surface area (Å²) in [4.78, 5) is 15.2. The molecule has 0 aliphatic heterocycles. The van der Waals surface area contributed by atoms with E-state index in [2.05, 4.69) is 39.9 Å². The maximum atomic E-state index is 11.0. The minimum atomic E-state index is -0.808. The first-order chi connectivity index (χ1) is 15.1. The Bertz CT molecular complexity index is 1460. The molecule has 0 amide bonds. The lowest BCUT2D eigenvalue weighted by Gasteiger charge is -2.09. The van der Waals surface area contributed by atoms with Crippen LogP contribution in [-0.2, 0) is 11.2 Å². The van der Waals surface area contributed by atoms with Gasteiger partial charge in [0.15, 0.2) is 0 Å². The molecule has 31 heavy (non-hydrogen) atoms. The van der Waals surface area contributed by atoms with E-state index in [9.17, 15) is 4.79 Å². The Morgan fingerprint density at radius 2 is 1.77 bits per heavy atom. The Balaban J connectivity index is 1.76. The summed E-state index contributed by atoms with van der Waals surface area (Å²) in [6.45, 7) is 0. The number of aliphatic carboxylic acids is 1. The molecule has 6 heteroatoms. The van der Waals surface area contributed by atoms with E-state index in [1.165, 1.54) is 0 Å². The molecule has 150 valence electrons. The molecule has 0 unspecified atom stereocenters. The first-order valence-corrected chi connectivity index (χ1v) is 9.92. The van der Waals surface area contributed by atoms with Crippen LogP contribution in [0.5, 0.6) is 0 Å². The number of aryl methyl sites for hydroxylation is 1. The summed E-state index contributed by atoms with van der Waals surface area (Å²) < 4.78 is 4.12. The van der Waals surface area contributed by atoms with E-state index < -0.39 is 5.97 Å². The van der Waals surface area contributed by atoms with E-state index in [0.29, 0.717) is 12.0 Å². The third kappa shape index (κ3) is 3.32. The van der Waals surface area contributed by atoms with Crippen LogP contribution < -0.4 is 0 Å². The average molecular weight is 406 g/mol. The number of nitrogens with zero attached hydrogens (tertiary/aromatic N) is 4. The summed E-state index contributed by atoms with van der Waals surface area (Å²) in [7, 11) is 0. The molecule has 0 spiro atoms. The van der Waals surface area contributed by atoms with E-state index in [-0.39, 0.29) is 6.42 Å². The van der Waals surface area contributed by atoms with Gasteiger partial charge in [-0.25, -0.2) is 4.98 Å². The molecule has 0 radical (unpaired) electrons. The van der Waals surface area contributed by atoms with Gasteiger partial charge in [-0.1, -0.05) is 12.1 Å². The predicted molar refractivity (Wildman–Crippen MR) is 119 cm³/mol. The fourth-order valence-electron chi connectivity index (χ4n) is 4.00. The zero-order chi connectivity index (χ0) is 21.4. The molecule has 2 aromatic heterocycles. The highest BCUT2D eigenvalue weighted by molar-refractivity contribution is 6.10. The van der Waals surface area contributed by atoms with E-state index in [1.54, 1.807) is 24.7 Å². The van der Waals surface area contributed by atoms with Crippen LogP contribution in [0, 0.1) is 11.3 Å². The van der Waals surface area contributed by atoms with Gasteiger partial charge in [0.2, 0.25) is 0 Å². The average Bonchev–Trinajstić information content (AvgIpc) is 3.43. The SMILES string of the molecule is N#Cc1ccc(-n2c3ccc(-n4ccnc4)cc3c3ccc(CCC(=O)O)cc32)cc1. The number of nitriles is 1. The molecule has 0 aliphatic carbocycles. The molecule has 5 rings (SSSR count). The van der Waals surface area contributed by atoms with Crippen molar-refractivity contribution < 1.29 is 9.90 Å². The summed E-state index contributed by atoms with van der Waals surface area (Å²) in [6, 6.07) is 22.0. The van der Waals surface area contributed by atoms with Crippen molar-refractivity contribution >= 4 is 27.8 Å². The third-order valence-corrected chi connectivity index (χ3v) is 5.50. The van der Waals surface area contributed by atoms with Crippen LogP contribution in [0.15, 0.2) is 79.4 Å². The normalized spacial score (nSPS) is 11.1. The number of aromatic nitrogens is 3. The number of rotatable bonds is 5. The van der Waals surface area contributed by atoms with Gasteiger partial charge in [0.25, 0.3) is 0 Å². The molecule has 0 fully saturated rings. The van der Waals surface area contributed by atoms with Crippen LogP contribution >= 0.6 is 0 Å². The quantitative estimate of drug-likeness (QED) is 0.452. The number of benzene rings is 3. The second kappa shape index (κ2) is 7.47. The molecule has 1 N–H and O–H groups in total. The van der Waals surface area contributed by atoms with Gasteiger partial charge in [0.1, 0.15) is 0 Å². The molecule has 5 aromatic rings. The maximum absolute atomic E-state index is 11.0. The lowest BCUT2D eigenvalue weighted by molar-refractivity contribution is -0.136. The molecule has 0 saturated carbocycles. The minimum absolute atomic E-state index is 0.0907. The Morgan fingerprint density at radius 3 is 2.48 bits per heavy atom. The standard InChI is InChI=1S/C25H18N4O2/c26-15-18-1-5-19(6-2-18)29-23-9-7-20(28-12-11-27-16-28)14-22(23)21-8-3-17(13-24(21)29)4-10-25(30)31/h1-3,5-9,11-14,16H,4,10H2,(H,30,31). The van der Waals surface area contributed by atoms with Crippen LogP contribution in [0.3, 0.4) is 0 Å². The number of fused-ring (bicyclic) bond motifs is 3. The molecule has 0 aliphatic rings. The van der Waals surface area contributed by atoms with Crippen molar-refractivity contribution in [3.63, 3.8) is 0 Å². The van der Waals surface area contributed by atoms with Crippen LogP contribution in [0.2, 0.25) is 0 Å². The zero-order valence-corrected chi connectivity index (χ0v) is 16.6. The second-order valence-corrected chi connectivity index (χ2v) is 7.41. The van der Waals surface area contributed by atoms with Crippen LogP contribution in [0.4, 0.5) is 0 Å². The molecule has 2 heterocycles. The molecule has 0 atom stereocenters. The van der Waals surface area contributed by atoms with Gasteiger partial charge in [-0.15, -0.1) is 0 Å². The summed E-state index contributed by atoms with van der Waals surface area (Å²) in [5, 5.41) is 20.4. The van der Waals surface area contributed by atoms with Crippen molar-refractivity contribution in [2.45, 2.75) is 12.8 Å². The minimum Gasteiger partial charge on any atom is -0.481 e. The molecular weight excluding hydrogens is 388 g/mol. The number of carboxylic acids is 1. The van der Waals surface area contributed by atoms with Gasteiger partial charge in [0.05, 0.1) is 29.0 Å². The molecule has 0 saturated heterocycles. The summed E-state index contributed by atoms with van der Waals surface area (Å²) in [6.07, 6.45) is 5.99. The van der Waals surface area contributed by atoms with Crippen LogP contribution in [-0.4, -0.2) is 25.2 Å². The smallest absolute Gasteiger partial charge is 0.303 e. The van der Waals surface area contributed by atoms with Gasteiger partial charge in [-0.2, -0.15) is 5.26 Å². The highest BCUT2D eigenvalue weighted by Crippen LogP contribution is 2.34. The number of carboxylic acid groups (broad SMARTS) is 1. The lowest BCUT2D eigenvalue weighted by atomic mass is 10.1. The van der Waals surface area contributed by atoms with Crippen molar-refractivity contribution in [1.29, 1.82) is 5.26 Å². The van der Waals surface area contributed by atoms with Gasteiger partial charge in [0, 0.05) is 41.0 Å². The van der Waals surface area contributed by atoms with Crippen molar-refractivity contribution in [3.8, 4) is 17.4 Å². The molecular formula is C25H18N4O2. The van der Waals surface area contributed by atoms with E-state index >= 15 is 0 Å². The highest BCUT2D eigenvalue weighted by Gasteiger charge is 2.14. The number of carbonyl (C=O) groups is 1. The summed E-state index contributed by atoms with van der Waals surface area (Å²) in [5.74, 6) is -0.808. The largest absolute Gasteiger partial charge is 0.481 e. The van der Waals surface area contributed by atoms with Crippen molar-refractivity contribution in [1.82, 2.24) is 14.1 Å². The van der Waals surface area contributed by atoms with E-state index in [0.717, 1.165) is 38.7 Å². The van der Waals surface area contributed by atoms with Crippen LogP contribution in [0.25, 0.3) is 33.2 Å².